The van der Waals surface area contributed by atoms with Crippen LogP contribution in [0, 0.1) is 5.82 Å². The van der Waals surface area contributed by atoms with Crippen molar-refractivity contribution in [2.45, 2.75) is 13.3 Å². The smallest absolute Gasteiger partial charge is 0.152 e. The number of fused-ring (bicyclic) bond motifs is 1. The van der Waals surface area contributed by atoms with Gasteiger partial charge in [-0.2, -0.15) is 5.10 Å². The highest BCUT2D eigenvalue weighted by Crippen LogP contribution is 2.22. The number of pyridine rings is 1. The predicted octanol–water partition coefficient (Wildman–Crippen LogP) is 3.96. The molecule has 4 rings (SSSR count). The van der Waals surface area contributed by atoms with Crippen LogP contribution in [0.4, 0.5) is 4.39 Å². The number of aromatic nitrogens is 2. The molecule has 1 aliphatic rings. The van der Waals surface area contributed by atoms with Gasteiger partial charge in [0.25, 0.3) is 0 Å². The molecule has 0 atom stereocenters. The lowest BCUT2D eigenvalue weighted by atomic mass is 10.1. The summed E-state index contributed by atoms with van der Waals surface area (Å²) in [5.74, 6) is 0.928. The lowest BCUT2D eigenvalue weighted by molar-refractivity contribution is 0.410. The quantitative estimate of drug-likeness (QED) is 0.628. The highest BCUT2D eigenvalue weighted by Gasteiger charge is 2.20. The van der Waals surface area contributed by atoms with Gasteiger partial charge < -0.3 is 10.3 Å². The second-order valence-corrected chi connectivity index (χ2v) is 6.55. The lowest BCUT2D eigenvalue weighted by Gasteiger charge is -2.27. The zero-order valence-electron chi connectivity index (χ0n) is 16.1. The summed E-state index contributed by atoms with van der Waals surface area (Å²) in [5, 5.41) is 10.3. The zero-order valence-corrected chi connectivity index (χ0v) is 16.1. The van der Waals surface area contributed by atoms with Crippen LogP contribution in [-0.4, -0.2) is 34.0 Å². The normalized spacial score (nSPS) is 15.4. The van der Waals surface area contributed by atoms with E-state index in [4.69, 9.17) is 0 Å². The summed E-state index contributed by atoms with van der Waals surface area (Å²) in [5.41, 5.74) is 3.57. The number of nitrogens with one attached hydrogen (secondary N) is 2. The lowest BCUT2D eigenvalue weighted by Crippen LogP contribution is -2.32. The summed E-state index contributed by atoms with van der Waals surface area (Å²) < 4.78 is 13.6. The topological polar surface area (TPSA) is 68.7 Å². The molecule has 0 amide bonds. The Bertz CT molecular complexity index is 1140. The number of H-pyrrole nitrogens is 1. The van der Waals surface area contributed by atoms with Crippen LogP contribution in [0.2, 0.25) is 0 Å². The number of aromatic amines is 1. The zero-order chi connectivity index (χ0) is 20.2. The maximum Gasteiger partial charge on any atom is 0.152 e. The molecule has 7 heteroatoms. The molecule has 146 valence electrons. The fourth-order valence-corrected chi connectivity index (χ4v) is 3.34. The van der Waals surface area contributed by atoms with Crippen molar-refractivity contribution in [2.24, 2.45) is 10.1 Å². The number of halogens is 1. The standard InChI is InChI=1S/C22H21FN6/c1-3-21-28-20(16-10-17(23)14-25-12-16)11-22(29(21)24-2)26-9-8-15-13-27-19-7-5-4-6-18(15)19/h3-7,10-14,26-27H,2,8-9H2,1H3/b21-3-. The van der Waals surface area contributed by atoms with Crippen LogP contribution < -0.4 is 5.32 Å². The van der Waals surface area contributed by atoms with Gasteiger partial charge in [0, 0.05) is 48.2 Å². The summed E-state index contributed by atoms with van der Waals surface area (Å²) in [6.07, 6.45) is 9.28. The summed E-state index contributed by atoms with van der Waals surface area (Å²) in [4.78, 5) is 11.8. The van der Waals surface area contributed by atoms with Crippen LogP contribution in [0.15, 0.2) is 82.8 Å². The SMILES string of the molecule is C=NN1C(NCCc2c[nH]c3ccccc23)=CC(c2cncc(F)c2)=N/C1=C/C. The average molecular weight is 388 g/mol. The molecule has 0 spiro atoms. The number of allylic oxidation sites excluding steroid dienone is 2. The second kappa shape index (κ2) is 8.10. The van der Waals surface area contributed by atoms with E-state index >= 15 is 0 Å². The molecular formula is C22H21FN6. The van der Waals surface area contributed by atoms with E-state index in [0.29, 0.717) is 23.6 Å². The van der Waals surface area contributed by atoms with Crippen molar-refractivity contribution in [3.63, 3.8) is 0 Å². The van der Waals surface area contributed by atoms with Gasteiger partial charge in [-0.15, -0.1) is 0 Å². The first kappa shape index (κ1) is 18.6. The highest BCUT2D eigenvalue weighted by atomic mass is 19.1. The largest absolute Gasteiger partial charge is 0.370 e. The van der Waals surface area contributed by atoms with Gasteiger partial charge in [0.2, 0.25) is 0 Å². The van der Waals surface area contributed by atoms with E-state index in [1.807, 2.05) is 37.4 Å². The molecule has 6 nitrogen and oxygen atoms in total. The number of benzene rings is 1. The number of rotatable bonds is 6. The van der Waals surface area contributed by atoms with Crippen molar-refractivity contribution in [3.05, 3.63) is 89.7 Å². The number of hydrogen-bond donors (Lipinski definition) is 2. The fourth-order valence-electron chi connectivity index (χ4n) is 3.34. The third-order valence-electron chi connectivity index (χ3n) is 4.73. The number of aliphatic imine (C=N–C) groups is 1. The molecule has 0 saturated carbocycles. The summed E-state index contributed by atoms with van der Waals surface area (Å²) in [7, 11) is 0. The number of para-hydroxylation sites is 1. The number of hydrazone groups is 1. The minimum Gasteiger partial charge on any atom is -0.370 e. The van der Waals surface area contributed by atoms with Gasteiger partial charge in [0.05, 0.1) is 11.9 Å². The minimum absolute atomic E-state index is 0.404. The first-order valence-corrected chi connectivity index (χ1v) is 9.33. The molecule has 3 aromatic rings. The molecule has 29 heavy (non-hydrogen) atoms. The van der Waals surface area contributed by atoms with Gasteiger partial charge in [0.1, 0.15) is 11.6 Å². The van der Waals surface area contributed by atoms with E-state index in [2.05, 4.69) is 44.2 Å². The summed E-state index contributed by atoms with van der Waals surface area (Å²) in [6, 6.07) is 9.64. The Morgan fingerprint density at radius 2 is 2.17 bits per heavy atom. The van der Waals surface area contributed by atoms with Crippen molar-refractivity contribution in [1.82, 2.24) is 20.3 Å². The van der Waals surface area contributed by atoms with Crippen LogP contribution in [-0.2, 0) is 6.42 Å². The molecule has 1 aliphatic heterocycles. The molecule has 1 aromatic carbocycles. The van der Waals surface area contributed by atoms with Crippen LogP contribution in [0.25, 0.3) is 10.9 Å². The Balaban J connectivity index is 1.56. The number of nitrogens with zero attached hydrogens (tertiary/aromatic N) is 4. The second-order valence-electron chi connectivity index (χ2n) is 6.55. The molecular weight excluding hydrogens is 367 g/mol. The van der Waals surface area contributed by atoms with Gasteiger partial charge in [-0.25, -0.2) is 14.4 Å². The molecule has 0 bridgehead atoms. The summed E-state index contributed by atoms with van der Waals surface area (Å²) >= 11 is 0. The van der Waals surface area contributed by atoms with Crippen molar-refractivity contribution >= 4 is 23.3 Å². The van der Waals surface area contributed by atoms with E-state index < -0.39 is 5.82 Å². The molecule has 0 saturated heterocycles. The van der Waals surface area contributed by atoms with Crippen molar-refractivity contribution in [1.29, 1.82) is 0 Å². The van der Waals surface area contributed by atoms with E-state index in [-0.39, 0.29) is 0 Å². The van der Waals surface area contributed by atoms with Gasteiger partial charge >= 0.3 is 0 Å². The van der Waals surface area contributed by atoms with Crippen LogP contribution in [0.5, 0.6) is 0 Å². The maximum atomic E-state index is 13.6. The molecule has 0 fully saturated rings. The van der Waals surface area contributed by atoms with Crippen LogP contribution in [0.1, 0.15) is 18.1 Å². The van der Waals surface area contributed by atoms with Crippen molar-refractivity contribution in [3.8, 4) is 0 Å². The Morgan fingerprint density at radius 3 is 2.97 bits per heavy atom. The molecule has 3 heterocycles. The Kier molecular flexibility index (Phi) is 5.20. The Hall–Kier alpha value is -3.74. The molecule has 0 unspecified atom stereocenters. The van der Waals surface area contributed by atoms with Gasteiger partial charge in [-0.05, 0) is 37.1 Å². The fraction of sp³-hybridized carbons (Fsp3) is 0.136. The Morgan fingerprint density at radius 1 is 1.31 bits per heavy atom. The third kappa shape index (κ3) is 3.80. The van der Waals surface area contributed by atoms with Crippen molar-refractivity contribution < 1.29 is 4.39 Å². The summed E-state index contributed by atoms with van der Waals surface area (Å²) in [6.45, 7) is 6.21. The molecule has 0 aliphatic carbocycles. The third-order valence-corrected chi connectivity index (χ3v) is 4.73. The number of hydrogen-bond acceptors (Lipinski definition) is 5. The van der Waals surface area contributed by atoms with E-state index in [1.165, 1.54) is 23.2 Å². The minimum atomic E-state index is -0.404. The molecule has 0 radical (unpaired) electrons. The molecule has 2 N–H and O–H groups in total. The van der Waals surface area contributed by atoms with Gasteiger partial charge in [0.15, 0.2) is 5.82 Å². The van der Waals surface area contributed by atoms with E-state index in [0.717, 1.165) is 17.8 Å². The van der Waals surface area contributed by atoms with E-state index in [1.54, 1.807) is 11.2 Å². The Labute approximate surface area is 168 Å². The van der Waals surface area contributed by atoms with Gasteiger partial charge in [-0.3, -0.25) is 4.98 Å². The average Bonchev–Trinajstić information content (AvgIpc) is 3.16. The monoisotopic (exact) mass is 388 g/mol. The van der Waals surface area contributed by atoms with Crippen molar-refractivity contribution in [2.75, 3.05) is 6.54 Å². The van der Waals surface area contributed by atoms with Gasteiger partial charge in [-0.1, -0.05) is 18.2 Å². The van der Waals surface area contributed by atoms with E-state index in [9.17, 15) is 4.39 Å². The maximum absolute atomic E-state index is 13.6. The first-order valence-electron chi connectivity index (χ1n) is 9.33. The van der Waals surface area contributed by atoms with Crippen LogP contribution >= 0.6 is 0 Å². The predicted molar refractivity (Wildman–Crippen MR) is 114 cm³/mol. The first-order chi connectivity index (χ1) is 14.2. The van der Waals surface area contributed by atoms with Crippen LogP contribution in [0.3, 0.4) is 0 Å². The molecule has 2 aromatic heterocycles. The highest BCUT2D eigenvalue weighted by molar-refractivity contribution is 6.09.